The van der Waals surface area contributed by atoms with Gasteiger partial charge in [-0.25, -0.2) is 4.68 Å². The molecular formula is C21H23N3O3. The van der Waals surface area contributed by atoms with Gasteiger partial charge in [0.25, 0.3) is 11.5 Å². The zero-order chi connectivity index (χ0) is 19.4. The van der Waals surface area contributed by atoms with Gasteiger partial charge in [0.15, 0.2) is 6.61 Å². The van der Waals surface area contributed by atoms with Crippen molar-refractivity contribution in [1.29, 1.82) is 0 Å². The lowest BCUT2D eigenvalue weighted by atomic mass is 10.2. The monoisotopic (exact) mass is 365 g/mol. The number of hydrogen-bond donors (Lipinski definition) is 1. The van der Waals surface area contributed by atoms with Crippen molar-refractivity contribution in [2.45, 2.75) is 20.3 Å². The van der Waals surface area contributed by atoms with Crippen LogP contribution in [0.4, 0.5) is 5.69 Å². The van der Waals surface area contributed by atoms with E-state index in [-0.39, 0.29) is 23.8 Å². The Morgan fingerprint density at radius 3 is 2.56 bits per heavy atom. The summed E-state index contributed by atoms with van der Waals surface area (Å²) in [6.07, 6.45) is 0.894. The Morgan fingerprint density at radius 1 is 1.11 bits per heavy atom. The van der Waals surface area contributed by atoms with E-state index in [1.165, 1.54) is 4.68 Å². The summed E-state index contributed by atoms with van der Waals surface area (Å²) in [4.78, 5) is 25.1. The van der Waals surface area contributed by atoms with Gasteiger partial charge < -0.3 is 10.1 Å². The maximum Gasteiger partial charge on any atom is 0.295 e. The Morgan fingerprint density at radius 2 is 1.85 bits per heavy atom. The van der Waals surface area contributed by atoms with Crippen molar-refractivity contribution in [2.75, 3.05) is 11.9 Å². The van der Waals surface area contributed by atoms with E-state index in [2.05, 4.69) is 12.2 Å². The molecule has 0 spiro atoms. The molecule has 0 atom stereocenters. The summed E-state index contributed by atoms with van der Waals surface area (Å²) in [5.74, 6) is 0.263. The molecule has 0 saturated carbocycles. The van der Waals surface area contributed by atoms with Gasteiger partial charge in [-0.05, 0) is 43.2 Å². The first-order valence-corrected chi connectivity index (χ1v) is 8.87. The van der Waals surface area contributed by atoms with Gasteiger partial charge in [0, 0.05) is 7.05 Å². The van der Waals surface area contributed by atoms with Gasteiger partial charge in [-0.1, -0.05) is 37.3 Å². The summed E-state index contributed by atoms with van der Waals surface area (Å²) < 4.78 is 8.80. The molecule has 1 N–H and O–H groups in total. The fourth-order valence-electron chi connectivity index (χ4n) is 2.89. The second-order valence-electron chi connectivity index (χ2n) is 6.27. The Bertz CT molecular complexity index is 1000. The molecule has 0 unspecified atom stereocenters. The smallest absolute Gasteiger partial charge is 0.295 e. The van der Waals surface area contributed by atoms with E-state index in [0.29, 0.717) is 11.4 Å². The van der Waals surface area contributed by atoms with Crippen LogP contribution in [0.1, 0.15) is 18.2 Å². The summed E-state index contributed by atoms with van der Waals surface area (Å²) in [5, 5.41) is 2.69. The van der Waals surface area contributed by atoms with Crippen LogP contribution >= 0.6 is 0 Å². The summed E-state index contributed by atoms with van der Waals surface area (Å²) in [6, 6.07) is 16.9. The first-order valence-electron chi connectivity index (χ1n) is 8.87. The Hall–Kier alpha value is -3.28. The molecule has 0 saturated heterocycles. The second-order valence-corrected chi connectivity index (χ2v) is 6.27. The van der Waals surface area contributed by atoms with Crippen molar-refractivity contribution in [2.24, 2.45) is 7.05 Å². The molecule has 3 aromatic rings. The van der Waals surface area contributed by atoms with Crippen LogP contribution in [0.2, 0.25) is 0 Å². The molecule has 6 heteroatoms. The summed E-state index contributed by atoms with van der Waals surface area (Å²) in [7, 11) is 1.78. The molecule has 140 valence electrons. The van der Waals surface area contributed by atoms with Crippen molar-refractivity contribution in [3.8, 4) is 11.4 Å². The molecule has 0 radical (unpaired) electrons. The Balaban J connectivity index is 1.75. The molecule has 1 heterocycles. The van der Waals surface area contributed by atoms with Crippen LogP contribution in [0.25, 0.3) is 5.69 Å². The second kappa shape index (κ2) is 7.95. The molecule has 2 aromatic carbocycles. The highest BCUT2D eigenvalue weighted by atomic mass is 16.5. The number of aromatic nitrogens is 2. The van der Waals surface area contributed by atoms with E-state index >= 15 is 0 Å². The Labute approximate surface area is 158 Å². The number of aryl methyl sites for hydroxylation is 1. The predicted molar refractivity (Wildman–Crippen MR) is 106 cm³/mol. The normalized spacial score (nSPS) is 10.6. The van der Waals surface area contributed by atoms with Crippen molar-refractivity contribution in [3.63, 3.8) is 0 Å². The number of ether oxygens (including phenoxy) is 1. The number of nitrogens with zero attached hydrogens (tertiary/aromatic N) is 2. The minimum absolute atomic E-state index is 0.160. The van der Waals surface area contributed by atoms with Crippen LogP contribution in [0.15, 0.2) is 59.4 Å². The first-order chi connectivity index (χ1) is 13.0. The van der Waals surface area contributed by atoms with Crippen molar-refractivity contribution in [1.82, 2.24) is 9.36 Å². The van der Waals surface area contributed by atoms with Gasteiger partial charge in [0.1, 0.15) is 11.4 Å². The Kier molecular flexibility index (Phi) is 5.45. The fourth-order valence-corrected chi connectivity index (χ4v) is 2.89. The van der Waals surface area contributed by atoms with Crippen molar-refractivity contribution < 1.29 is 9.53 Å². The van der Waals surface area contributed by atoms with Crippen LogP contribution in [-0.2, 0) is 18.3 Å². The van der Waals surface area contributed by atoms with Gasteiger partial charge in [-0.3, -0.25) is 14.3 Å². The number of anilines is 1. The summed E-state index contributed by atoms with van der Waals surface area (Å²) >= 11 is 0. The van der Waals surface area contributed by atoms with Crippen LogP contribution in [0.3, 0.4) is 0 Å². The van der Waals surface area contributed by atoms with Gasteiger partial charge >= 0.3 is 0 Å². The number of amides is 1. The molecule has 0 bridgehead atoms. The standard InChI is InChI=1S/C21H23N3O3/c1-4-16-9-8-12-18(13-16)27-14-19(25)22-20-15(2)23(3)24(21(20)26)17-10-6-5-7-11-17/h5-13H,4,14H2,1-3H3,(H,22,25). The van der Waals surface area contributed by atoms with Crippen LogP contribution in [0.5, 0.6) is 5.75 Å². The average molecular weight is 365 g/mol. The zero-order valence-corrected chi connectivity index (χ0v) is 15.7. The summed E-state index contributed by atoms with van der Waals surface area (Å²) in [6.45, 7) is 3.69. The number of rotatable bonds is 6. The molecule has 3 rings (SSSR count). The molecule has 0 fully saturated rings. The highest BCUT2D eigenvalue weighted by Crippen LogP contribution is 2.15. The zero-order valence-electron chi connectivity index (χ0n) is 15.7. The van der Waals surface area contributed by atoms with E-state index in [1.54, 1.807) is 18.7 Å². The summed E-state index contributed by atoms with van der Waals surface area (Å²) in [5.41, 5.74) is 2.53. The van der Waals surface area contributed by atoms with E-state index in [0.717, 1.165) is 17.7 Å². The molecule has 1 amide bonds. The number of para-hydroxylation sites is 1. The minimum Gasteiger partial charge on any atom is -0.484 e. The lowest BCUT2D eigenvalue weighted by molar-refractivity contribution is -0.118. The molecule has 0 aliphatic rings. The maximum atomic E-state index is 12.8. The van der Waals surface area contributed by atoms with Gasteiger partial charge in [-0.15, -0.1) is 0 Å². The fraction of sp³-hybridized carbons (Fsp3) is 0.238. The average Bonchev–Trinajstić information content (AvgIpc) is 2.90. The van der Waals surface area contributed by atoms with Crippen molar-refractivity contribution >= 4 is 11.6 Å². The van der Waals surface area contributed by atoms with Crippen LogP contribution < -0.4 is 15.6 Å². The molecule has 1 aromatic heterocycles. The first kappa shape index (κ1) is 18.5. The largest absolute Gasteiger partial charge is 0.484 e. The minimum atomic E-state index is -0.372. The number of nitrogens with one attached hydrogen (secondary N) is 1. The predicted octanol–water partition coefficient (Wildman–Crippen LogP) is 3.06. The van der Waals surface area contributed by atoms with Crippen LogP contribution in [0, 0.1) is 6.92 Å². The highest BCUT2D eigenvalue weighted by Gasteiger charge is 2.18. The number of carbonyl (C=O) groups excluding carboxylic acids is 1. The third kappa shape index (κ3) is 3.95. The van der Waals surface area contributed by atoms with E-state index in [9.17, 15) is 9.59 Å². The van der Waals surface area contributed by atoms with E-state index < -0.39 is 0 Å². The van der Waals surface area contributed by atoms with Gasteiger partial charge in [0.05, 0.1) is 11.4 Å². The van der Waals surface area contributed by atoms with E-state index in [1.807, 2.05) is 54.6 Å². The molecule has 0 aliphatic carbocycles. The number of benzene rings is 2. The van der Waals surface area contributed by atoms with Gasteiger partial charge in [-0.2, -0.15) is 0 Å². The maximum absolute atomic E-state index is 12.8. The topological polar surface area (TPSA) is 65.3 Å². The van der Waals surface area contributed by atoms with Crippen LogP contribution in [-0.4, -0.2) is 21.9 Å². The van der Waals surface area contributed by atoms with Crippen molar-refractivity contribution in [3.05, 3.63) is 76.2 Å². The molecular weight excluding hydrogens is 342 g/mol. The SMILES string of the molecule is CCc1cccc(OCC(=O)Nc2c(C)n(C)n(-c3ccccc3)c2=O)c1. The number of hydrogen-bond acceptors (Lipinski definition) is 3. The number of carbonyl (C=O) groups is 1. The quantitative estimate of drug-likeness (QED) is 0.730. The third-order valence-electron chi connectivity index (χ3n) is 4.50. The highest BCUT2D eigenvalue weighted by molar-refractivity contribution is 5.92. The van der Waals surface area contributed by atoms with E-state index in [4.69, 9.17) is 4.74 Å². The molecule has 6 nitrogen and oxygen atoms in total. The lowest BCUT2D eigenvalue weighted by Gasteiger charge is -2.08. The lowest BCUT2D eigenvalue weighted by Crippen LogP contribution is -2.25. The molecule has 27 heavy (non-hydrogen) atoms. The van der Waals surface area contributed by atoms with Gasteiger partial charge in [0.2, 0.25) is 0 Å². The third-order valence-corrected chi connectivity index (χ3v) is 4.50. The molecule has 0 aliphatic heterocycles.